The standard InChI is InChI=1S/C11H14N2O3S/c1-3-17(14,15)13-10(8-12)9-6-4-5-7-11(9)16-2/h4-7,10,13H,3H2,1-2H3. The quantitative estimate of drug-likeness (QED) is 0.856. The van der Waals surface area contributed by atoms with Crippen LogP contribution in [-0.4, -0.2) is 21.3 Å². The molecule has 0 bridgehead atoms. The first-order chi connectivity index (χ1) is 8.04. The fraction of sp³-hybridized carbons (Fsp3) is 0.364. The zero-order chi connectivity index (χ0) is 12.9. The molecule has 0 aromatic heterocycles. The second kappa shape index (κ2) is 5.66. The SMILES string of the molecule is CCS(=O)(=O)NC(C#N)c1ccccc1OC. The van der Waals surface area contributed by atoms with E-state index in [9.17, 15) is 8.42 Å². The van der Waals surface area contributed by atoms with Crippen molar-refractivity contribution in [2.24, 2.45) is 0 Å². The fourth-order valence-corrected chi connectivity index (χ4v) is 2.03. The fourth-order valence-electron chi connectivity index (χ4n) is 1.33. The maximum absolute atomic E-state index is 11.4. The van der Waals surface area contributed by atoms with Gasteiger partial charge in [-0.25, -0.2) is 8.42 Å². The Morgan fingerprint density at radius 3 is 2.65 bits per heavy atom. The second-order valence-corrected chi connectivity index (χ2v) is 5.37. The summed E-state index contributed by atoms with van der Waals surface area (Å²) in [5.74, 6) is 0.415. The second-order valence-electron chi connectivity index (χ2n) is 3.33. The van der Waals surface area contributed by atoms with Crippen LogP contribution in [-0.2, 0) is 10.0 Å². The van der Waals surface area contributed by atoms with Crippen LogP contribution in [0.25, 0.3) is 0 Å². The number of para-hydroxylation sites is 1. The average Bonchev–Trinajstić information content (AvgIpc) is 2.36. The highest BCUT2D eigenvalue weighted by Crippen LogP contribution is 2.24. The first kappa shape index (κ1) is 13.5. The molecule has 1 rings (SSSR count). The zero-order valence-corrected chi connectivity index (χ0v) is 10.5. The summed E-state index contributed by atoms with van der Waals surface area (Å²) in [6.07, 6.45) is 0. The number of rotatable bonds is 5. The molecule has 1 unspecified atom stereocenters. The summed E-state index contributed by atoms with van der Waals surface area (Å²) in [5.41, 5.74) is 0.509. The van der Waals surface area contributed by atoms with Crippen molar-refractivity contribution in [3.63, 3.8) is 0 Å². The first-order valence-corrected chi connectivity index (χ1v) is 6.71. The molecule has 5 nitrogen and oxygen atoms in total. The van der Waals surface area contributed by atoms with Crippen molar-refractivity contribution in [3.05, 3.63) is 29.8 Å². The molecule has 1 N–H and O–H groups in total. The number of ether oxygens (including phenoxy) is 1. The molecule has 17 heavy (non-hydrogen) atoms. The lowest BCUT2D eigenvalue weighted by molar-refractivity contribution is 0.407. The molecule has 1 atom stereocenters. The highest BCUT2D eigenvalue weighted by molar-refractivity contribution is 7.89. The molecule has 6 heteroatoms. The van der Waals surface area contributed by atoms with Gasteiger partial charge in [-0.2, -0.15) is 9.98 Å². The Morgan fingerprint density at radius 1 is 1.47 bits per heavy atom. The van der Waals surface area contributed by atoms with Gasteiger partial charge in [-0.1, -0.05) is 18.2 Å². The Balaban J connectivity index is 3.07. The lowest BCUT2D eigenvalue weighted by Crippen LogP contribution is -2.29. The summed E-state index contributed by atoms with van der Waals surface area (Å²) < 4.78 is 30.3. The number of nitrogens with zero attached hydrogens (tertiary/aromatic N) is 1. The van der Waals surface area contributed by atoms with Crippen LogP contribution in [0.15, 0.2) is 24.3 Å². The van der Waals surface area contributed by atoms with Crippen LogP contribution in [0.5, 0.6) is 5.75 Å². The van der Waals surface area contributed by atoms with Gasteiger partial charge in [0, 0.05) is 5.56 Å². The van der Waals surface area contributed by atoms with E-state index in [1.165, 1.54) is 14.0 Å². The molecule has 0 aliphatic heterocycles. The Kier molecular flexibility index (Phi) is 4.49. The van der Waals surface area contributed by atoms with Gasteiger partial charge in [-0.05, 0) is 13.0 Å². The van der Waals surface area contributed by atoms with E-state index >= 15 is 0 Å². The molecule has 0 radical (unpaired) electrons. The minimum absolute atomic E-state index is 0.0691. The minimum Gasteiger partial charge on any atom is -0.496 e. The number of methoxy groups -OCH3 is 1. The molecule has 1 aromatic carbocycles. The average molecular weight is 254 g/mol. The molecule has 0 heterocycles. The third-order valence-corrected chi connectivity index (χ3v) is 3.61. The molecular formula is C11H14N2O3S. The monoisotopic (exact) mass is 254 g/mol. The van der Waals surface area contributed by atoms with E-state index in [1.807, 2.05) is 6.07 Å². The Labute approximate surface area is 101 Å². The van der Waals surface area contributed by atoms with Crippen molar-refractivity contribution in [3.8, 4) is 11.8 Å². The van der Waals surface area contributed by atoms with E-state index in [2.05, 4.69) is 4.72 Å². The van der Waals surface area contributed by atoms with Crippen LogP contribution in [0.1, 0.15) is 18.5 Å². The summed E-state index contributed by atoms with van der Waals surface area (Å²) in [7, 11) is -1.96. The van der Waals surface area contributed by atoms with Gasteiger partial charge in [0.1, 0.15) is 11.8 Å². The van der Waals surface area contributed by atoms with Crippen molar-refractivity contribution in [1.29, 1.82) is 5.26 Å². The van der Waals surface area contributed by atoms with Gasteiger partial charge in [0.2, 0.25) is 10.0 Å². The molecule has 0 aliphatic carbocycles. The Bertz CT molecular complexity index is 520. The maximum Gasteiger partial charge on any atom is 0.212 e. The summed E-state index contributed by atoms with van der Waals surface area (Å²) in [6.45, 7) is 1.51. The van der Waals surface area contributed by atoms with E-state index in [0.717, 1.165) is 0 Å². The lowest BCUT2D eigenvalue weighted by Gasteiger charge is -2.14. The van der Waals surface area contributed by atoms with Crippen LogP contribution < -0.4 is 9.46 Å². The van der Waals surface area contributed by atoms with Gasteiger partial charge in [0.05, 0.1) is 18.9 Å². The highest BCUT2D eigenvalue weighted by Gasteiger charge is 2.20. The summed E-state index contributed by atoms with van der Waals surface area (Å²) in [4.78, 5) is 0. The lowest BCUT2D eigenvalue weighted by atomic mass is 10.1. The van der Waals surface area contributed by atoms with Gasteiger partial charge in [0.15, 0.2) is 0 Å². The summed E-state index contributed by atoms with van der Waals surface area (Å²) in [6, 6.07) is 7.80. The van der Waals surface area contributed by atoms with E-state index in [0.29, 0.717) is 11.3 Å². The smallest absolute Gasteiger partial charge is 0.212 e. The van der Waals surface area contributed by atoms with Crippen LogP contribution in [0, 0.1) is 11.3 Å². The van der Waals surface area contributed by atoms with Crippen molar-refractivity contribution in [1.82, 2.24) is 4.72 Å². The number of nitriles is 1. The van der Waals surface area contributed by atoms with Gasteiger partial charge < -0.3 is 4.74 Å². The number of benzene rings is 1. The Morgan fingerprint density at radius 2 is 2.12 bits per heavy atom. The molecule has 0 saturated carbocycles. The predicted octanol–water partition coefficient (Wildman–Crippen LogP) is 1.20. The van der Waals surface area contributed by atoms with Crippen LogP contribution in [0.3, 0.4) is 0 Å². The molecular weight excluding hydrogens is 240 g/mol. The van der Waals surface area contributed by atoms with Gasteiger partial charge in [-0.15, -0.1) is 0 Å². The van der Waals surface area contributed by atoms with Crippen LogP contribution >= 0.6 is 0 Å². The van der Waals surface area contributed by atoms with E-state index < -0.39 is 16.1 Å². The molecule has 0 aliphatic rings. The van der Waals surface area contributed by atoms with Crippen molar-refractivity contribution in [2.75, 3.05) is 12.9 Å². The summed E-state index contributed by atoms with van der Waals surface area (Å²) >= 11 is 0. The zero-order valence-electron chi connectivity index (χ0n) is 9.67. The number of sulfonamides is 1. The molecule has 1 aromatic rings. The van der Waals surface area contributed by atoms with E-state index in [-0.39, 0.29) is 5.75 Å². The number of hydrogen-bond donors (Lipinski definition) is 1. The molecule has 0 spiro atoms. The van der Waals surface area contributed by atoms with Gasteiger partial charge in [0.25, 0.3) is 0 Å². The topological polar surface area (TPSA) is 79.2 Å². The highest BCUT2D eigenvalue weighted by atomic mass is 32.2. The maximum atomic E-state index is 11.4. The first-order valence-electron chi connectivity index (χ1n) is 5.06. The predicted molar refractivity (Wildman–Crippen MR) is 63.9 cm³/mol. The Hall–Kier alpha value is -1.58. The molecule has 0 fully saturated rings. The third-order valence-electron chi connectivity index (χ3n) is 2.26. The van der Waals surface area contributed by atoms with Gasteiger partial charge in [-0.3, -0.25) is 0 Å². The van der Waals surface area contributed by atoms with E-state index in [4.69, 9.17) is 10.00 Å². The third kappa shape index (κ3) is 3.44. The molecule has 92 valence electrons. The van der Waals surface area contributed by atoms with Crippen LogP contribution in [0.2, 0.25) is 0 Å². The van der Waals surface area contributed by atoms with Crippen molar-refractivity contribution < 1.29 is 13.2 Å². The number of hydrogen-bond acceptors (Lipinski definition) is 4. The van der Waals surface area contributed by atoms with Crippen molar-refractivity contribution >= 4 is 10.0 Å². The summed E-state index contributed by atoms with van der Waals surface area (Å²) in [5, 5.41) is 9.03. The van der Waals surface area contributed by atoms with Gasteiger partial charge >= 0.3 is 0 Å². The largest absolute Gasteiger partial charge is 0.496 e. The minimum atomic E-state index is -3.43. The molecule has 0 saturated heterocycles. The number of nitrogens with one attached hydrogen (secondary N) is 1. The van der Waals surface area contributed by atoms with Crippen molar-refractivity contribution in [2.45, 2.75) is 13.0 Å². The van der Waals surface area contributed by atoms with Crippen LogP contribution in [0.4, 0.5) is 0 Å². The van der Waals surface area contributed by atoms with E-state index in [1.54, 1.807) is 24.3 Å². The molecule has 0 amide bonds. The normalized spacial score (nSPS) is 12.8.